The van der Waals surface area contributed by atoms with Crippen LogP contribution in [-0.2, 0) is 4.79 Å². The van der Waals surface area contributed by atoms with Crippen LogP contribution in [-0.4, -0.2) is 27.8 Å². The third-order valence-electron chi connectivity index (χ3n) is 3.32. The predicted molar refractivity (Wildman–Crippen MR) is 71.5 cm³/mol. The summed E-state index contributed by atoms with van der Waals surface area (Å²) in [5, 5.41) is 10.5. The zero-order chi connectivity index (χ0) is 13.1. The van der Waals surface area contributed by atoms with Crippen LogP contribution in [0.15, 0.2) is 12.3 Å². The molecule has 2 unspecified atom stereocenters. The Kier molecular flexibility index (Phi) is 4.01. The van der Waals surface area contributed by atoms with Gasteiger partial charge in [0.05, 0.1) is 6.04 Å². The van der Waals surface area contributed by atoms with Gasteiger partial charge in [-0.1, -0.05) is 0 Å². The molecule has 0 aliphatic carbocycles. The molecule has 5 nitrogen and oxygen atoms in total. The smallest absolute Gasteiger partial charge is 0.242 e. The van der Waals surface area contributed by atoms with Crippen molar-refractivity contribution < 1.29 is 4.79 Å². The Morgan fingerprint density at radius 3 is 2.94 bits per heavy atom. The van der Waals surface area contributed by atoms with Crippen LogP contribution in [0.2, 0.25) is 0 Å². The van der Waals surface area contributed by atoms with Crippen LogP contribution in [0.3, 0.4) is 0 Å². The van der Waals surface area contributed by atoms with Gasteiger partial charge in [-0.3, -0.25) is 9.48 Å². The van der Waals surface area contributed by atoms with E-state index in [0.29, 0.717) is 17.9 Å². The van der Waals surface area contributed by atoms with Gasteiger partial charge in [0.1, 0.15) is 0 Å². The number of carbonyl (C=O) groups is 1. The molecule has 2 atom stereocenters. The molecule has 2 N–H and O–H groups in total. The van der Waals surface area contributed by atoms with Gasteiger partial charge in [-0.2, -0.15) is 5.10 Å². The van der Waals surface area contributed by atoms with Crippen LogP contribution in [0.4, 0.5) is 5.82 Å². The quantitative estimate of drug-likeness (QED) is 0.862. The molecule has 2 heterocycles. The Labute approximate surface area is 108 Å². The molecule has 0 aromatic carbocycles. The lowest BCUT2D eigenvalue weighted by Crippen LogP contribution is -2.47. The Morgan fingerprint density at radius 1 is 1.56 bits per heavy atom. The number of anilines is 1. The number of amides is 1. The predicted octanol–water partition coefficient (Wildman–Crippen LogP) is 1.93. The van der Waals surface area contributed by atoms with Crippen molar-refractivity contribution in [2.24, 2.45) is 0 Å². The van der Waals surface area contributed by atoms with Crippen molar-refractivity contribution in [1.29, 1.82) is 0 Å². The fourth-order valence-corrected chi connectivity index (χ4v) is 2.25. The van der Waals surface area contributed by atoms with E-state index >= 15 is 0 Å². The number of aromatic nitrogens is 2. The van der Waals surface area contributed by atoms with Gasteiger partial charge in [-0.25, -0.2) is 0 Å². The maximum absolute atomic E-state index is 12.1. The van der Waals surface area contributed by atoms with Crippen molar-refractivity contribution in [3.8, 4) is 0 Å². The van der Waals surface area contributed by atoms with Crippen molar-refractivity contribution >= 4 is 11.7 Å². The van der Waals surface area contributed by atoms with Gasteiger partial charge >= 0.3 is 0 Å². The highest BCUT2D eigenvalue weighted by Crippen LogP contribution is 2.14. The normalized spacial score (nSPS) is 24.2. The Balaban J connectivity index is 1.93. The van der Waals surface area contributed by atoms with Gasteiger partial charge in [0.2, 0.25) is 5.91 Å². The average molecular weight is 250 g/mol. The molecule has 0 bridgehead atoms. The first-order chi connectivity index (χ1) is 8.56. The summed E-state index contributed by atoms with van der Waals surface area (Å²) in [7, 11) is 0. The van der Waals surface area contributed by atoms with Crippen LogP contribution in [0, 0.1) is 0 Å². The third kappa shape index (κ3) is 3.10. The van der Waals surface area contributed by atoms with Crippen LogP contribution >= 0.6 is 0 Å². The molecule has 1 aromatic heterocycles. The first-order valence-corrected chi connectivity index (χ1v) is 6.68. The molecule has 1 aliphatic heterocycles. The highest BCUT2D eigenvalue weighted by Gasteiger charge is 2.24. The van der Waals surface area contributed by atoms with Crippen LogP contribution in [0.5, 0.6) is 0 Å². The van der Waals surface area contributed by atoms with Crippen molar-refractivity contribution in [2.45, 2.75) is 58.2 Å². The van der Waals surface area contributed by atoms with Crippen LogP contribution in [0.25, 0.3) is 0 Å². The molecule has 100 valence electrons. The Hall–Kier alpha value is -1.36. The zero-order valence-electron chi connectivity index (χ0n) is 11.3. The summed E-state index contributed by atoms with van der Waals surface area (Å²) in [6, 6.07) is 2.48. The summed E-state index contributed by atoms with van der Waals surface area (Å²) in [6.45, 7) is 6.23. The fourth-order valence-electron chi connectivity index (χ4n) is 2.25. The van der Waals surface area contributed by atoms with Crippen molar-refractivity contribution in [3.05, 3.63) is 12.3 Å². The van der Waals surface area contributed by atoms with Crippen molar-refractivity contribution in [3.63, 3.8) is 0 Å². The highest BCUT2D eigenvalue weighted by molar-refractivity contribution is 5.94. The van der Waals surface area contributed by atoms with E-state index in [0.717, 1.165) is 19.3 Å². The summed E-state index contributed by atoms with van der Waals surface area (Å²) >= 11 is 0. The summed E-state index contributed by atoms with van der Waals surface area (Å²) in [4.78, 5) is 12.1. The largest absolute Gasteiger partial charge is 0.308 e. The number of piperidine rings is 1. The molecular formula is C13H22N4O. The van der Waals surface area contributed by atoms with E-state index < -0.39 is 0 Å². The Morgan fingerprint density at radius 2 is 2.33 bits per heavy atom. The highest BCUT2D eigenvalue weighted by atomic mass is 16.2. The molecule has 1 aliphatic rings. The Bertz CT molecular complexity index is 413. The topological polar surface area (TPSA) is 59.0 Å². The van der Waals surface area contributed by atoms with Gasteiger partial charge < -0.3 is 10.6 Å². The third-order valence-corrected chi connectivity index (χ3v) is 3.32. The van der Waals surface area contributed by atoms with E-state index in [1.165, 1.54) is 0 Å². The number of carbonyl (C=O) groups excluding carboxylic acids is 1. The lowest BCUT2D eigenvalue weighted by Gasteiger charge is -2.27. The van der Waals surface area contributed by atoms with E-state index in [1.807, 2.05) is 16.9 Å². The van der Waals surface area contributed by atoms with E-state index in [2.05, 4.69) is 36.5 Å². The second-order valence-electron chi connectivity index (χ2n) is 5.32. The molecular weight excluding hydrogens is 228 g/mol. The van der Waals surface area contributed by atoms with E-state index in [4.69, 9.17) is 0 Å². The molecule has 0 radical (unpaired) electrons. The van der Waals surface area contributed by atoms with Gasteiger partial charge in [-0.15, -0.1) is 0 Å². The summed E-state index contributed by atoms with van der Waals surface area (Å²) in [6.07, 6.45) is 5.04. The maximum atomic E-state index is 12.1. The molecule has 18 heavy (non-hydrogen) atoms. The van der Waals surface area contributed by atoms with Crippen molar-refractivity contribution in [2.75, 3.05) is 5.32 Å². The monoisotopic (exact) mass is 250 g/mol. The van der Waals surface area contributed by atoms with Gasteiger partial charge in [-0.05, 0) is 40.0 Å². The number of nitrogens with zero attached hydrogens (tertiary/aromatic N) is 2. The standard InChI is InChI=1S/C13H22N4O/c1-9(2)17-8-7-12(16-17)15-13(18)11-6-4-5-10(3)14-11/h7-11,14H,4-6H2,1-3H3,(H,15,16,18). The molecule has 1 fully saturated rings. The second kappa shape index (κ2) is 5.52. The minimum Gasteiger partial charge on any atom is -0.308 e. The number of nitrogens with one attached hydrogen (secondary N) is 2. The molecule has 1 saturated heterocycles. The average Bonchev–Trinajstić information content (AvgIpc) is 2.77. The summed E-state index contributed by atoms with van der Waals surface area (Å²) in [5.74, 6) is 0.657. The number of rotatable bonds is 3. The fraction of sp³-hybridized carbons (Fsp3) is 0.692. The molecule has 1 amide bonds. The van der Waals surface area contributed by atoms with E-state index in [1.54, 1.807) is 0 Å². The van der Waals surface area contributed by atoms with E-state index in [9.17, 15) is 4.79 Å². The number of hydrogen-bond donors (Lipinski definition) is 2. The van der Waals surface area contributed by atoms with Crippen LogP contribution in [0.1, 0.15) is 46.1 Å². The minimum atomic E-state index is -0.0852. The first-order valence-electron chi connectivity index (χ1n) is 6.68. The summed E-state index contributed by atoms with van der Waals surface area (Å²) < 4.78 is 1.84. The lowest BCUT2D eigenvalue weighted by atomic mass is 9.99. The number of hydrogen-bond acceptors (Lipinski definition) is 3. The molecule has 1 aromatic rings. The second-order valence-corrected chi connectivity index (χ2v) is 5.32. The summed E-state index contributed by atoms with van der Waals surface area (Å²) in [5.41, 5.74) is 0. The molecule has 0 spiro atoms. The molecule has 2 rings (SSSR count). The van der Waals surface area contributed by atoms with Gasteiger partial charge in [0, 0.05) is 24.3 Å². The molecule has 0 saturated carbocycles. The van der Waals surface area contributed by atoms with Crippen LogP contribution < -0.4 is 10.6 Å². The maximum Gasteiger partial charge on any atom is 0.242 e. The molecule has 5 heteroatoms. The van der Waals surface area contributed by atoms with Gasteiger partial charge in [0.25, 0.3) is 0 Å². The zero-order valence-corrected chi connectivity index (χ0v) is 11.3. The minimum absolute atomic E-state index is 0.0237. The lowest BCUT2D eigenvalue weighted by molar-refractivity contribution is -0.118. The van der Waals surface area contributed by atoms with Crippen molar-refractivity contribution in [1.82, 2.24) is 15.1 Å². The van der Waals surface area contributed by atoms with Gasteiger partial charge in [0.15, 0.2) is 5.82 Å². The first kappa shape index (κ1) is 13.1. The van der Waals surface area contributed by atoms with E-state index in [-0.39, 0.29) is 11.9 Å². The SMILES string of the molecule is CC1CCCC(C(=O)Nc2ccn(C(C)C)n2)N1.